The Bertz CT molecular complexity index is 775. The lowest BCUT2D eigenvalue weighted by molar-refractivity contribution is -0.146. The first-order valence-corrected chi connectivity index (χ1v) is 8.87. The zero-order valence-corrected chi connectivity index (χ0v) is 15.8. The summed E-state index contributed by atoms with van der Waals surface area (Å²) >= 11 is 5.84. The molecule has 3 atom stereocenters. The Kier molecular flexibility index (Phi) is 6.03. The van der Waals surface area contributed by atoms with E-state index >= 15 is 0 Å². The molecule has 7 nitrogen and oxygen atoms in total. The van der Waals surface area contributed by atoms with Crippen molar-refractivity contribution < 1.29 is 23.8 Å². The van der Waals surface area contributed by atoms with Gasteiger partial charge in [-0.1, -0.05) is 17.7 Å². The number of carbonyl (C=O) groups excluding carboxylic acids is 2. The largest absolute Gasteiger partial charge is 0.471 e. The van der Waals surface area contributed by atoms with Crippen molar-refractivity contribution in [2.75, 3.05) is 26.1 Å². The van der Waals surface area contributed by atoms with E-state index in [4.69, 9.17) is 25.8 Å². The number of esters is 1. The van der Waals surface area contributed by atoms with Gasteiger partial charge in [0.25, 0.3) is 0 Å². The molecule has 0 spiro atoms. The Labute approximate surface area is 162 Å². The van der Waals surface area contributed by atoms with Crippen molar-refractivity contribution in [1.29, 1.82) is 0 Å². The summed E-state index contributed by atoms with van der Waals surface area (Å²) in [5.41, 5.74) is 2.07. The van der Waals surface area contributed by atoms with Crippen LogP contribution in [0.15, 0.2) is 47.7 Å². The second kappa shape index (κ2) is 8.45. The molecule has 1 heterocycles. The summed E-state index contributed by atoms with van der Waals surface area (Å²) in [6, 6.07) is 6.50. The van der Waals surface area contributed by atoms with E-state index in [-0.39, 0.29) is 17.9 Å². The lowest BCUT2D eigenvalue weighted by Crippen LogP contribution is -2.39. The van der Waals surface area contributed by atoms with Crippen molar-refractivity contribution in [3.05, 3.63) is 52.8 Å². The van der Waals surface area contributed by atoms with Crippen LogP contribution in [0, 0.1) is 11.8 Å². The number of methoxy groups -OCH3 is 2. The third-order valence-electron chi connectivity index (χ3n) is 4.73. The summed E-state index contributed by atoms with van der Waals surface area (Å²) in [7, 11) is 2.89. The van der Waals surface area contributed by atoms with E-state index in [0.717, 1.165) is 5.57 Å². The lowest BCUT2D eigenvalue weighted by atomic mass is 9.83. The predicted octanol–water partition coefficient (Wildman–Crippen LogP) is 3.08. The normalized spacial score (nSPS) is 23.4. The minimum absolute atomic E-state index is 0.0905. The Balaban J connectivity index is 1.62. The fourth-order valence-corrected chi connectivity index (χ4v) is 3.54. The molecule has 0 radical (unpaired) electrons. The Hall–Kier alpha value is -2.51. The van der Waals surface area contributed by atoms with Crippen molar-refractivity contribution in [2.24, 2.45) is 11.8 Å². The van der Waals surface area contributed by atoms with E-state index in [1.54, 1.807) is 31.4 Å². The van der Waals surface area contributed by atoms with E-state index < -0.39 is 12.3 Å². The number of anilines is 1. The smallest absolute Gasteiger partial charge is 0.337 e. The zero-order valence-electron chi connectivity index (χ0n) is 15.0. The Morgan fingerprint density at radius 1 is 1.26 bits per heavy atom. The lowest BCUT2D eigenvalue weighted by Gasteiger charge is -2.34. The number of benzene rings is 1. The summed E-state index contributed by atoms with van der Waals surface area (Å²) in [5, 5.41) is 6.17. The van der Waals surface area contributed by atoms with E-state index in [0.29, 0.717) is 29.2 Å². The third-order valence-corrected chi connectivity index (χ3v) is 4.98. The maximum absolute atomic E-state index is 12.2. The predicted molar refractivity (Wildman–Crippen MR) is 100 cm³/mol. The molecule has 0 aromatic heterocycles. The molecule has 0 saturated carbocycles. The van der Waals surface area contributed by atoms with Gasteiger partial charge in [0.1, 0.15) is 0 Å². The van der Waals surface area contributed by atoms with Crippen molar-refractivity contribution in [2.45, 2.75) is 12.7 Å². The van der Waals surface area contributed by atoms with Crippen molar-refractivity contribution in [1.82, 2.24) is 5.32 Å². The number of fused-ring (bicyclic) bond motifs is 1. The highest BCUT2D eigenvalue weighted by molar-refractivity contribution is 6.30. The second-order valence-electron chi connectivity index (χ2n) is 6.27. The number of carbonyl (C=O) groups is 2. The van der Waals surface area contributed by atoms with E-state index in [1.807, 2.05) is 6.08 Å². The average Bonchev–Trinajstić information content (AvgIpc) is 3.11. The highest BCUT2D eigenvalue weighted by atomic mass is 35.5. The van der Waals surface area contributed by atoms with Crippen LogP contribution in [0.4, 0.5) is 10.5 Å². The van der Waals surface area contributed by atoms with Crippen LogP contribution in [0.1, 0.15) is 6.42 Å². The Morgan fingerprint density at radius 3 is 2.67 bits per heavy atom. The zero-order chi connectivity index (χ0) is 19.4. The molecule has 0 fully saturated rings. The minimum Gasteiger partial charge on any atom is -0.471 e. The van der Waals surface area contributed by atoms with Crippen LogP contribution in [0.5, 0.6) is 0 Å². The van der Waals surface area contributed by atoms with Crippen LogP contribution in [-0.4, -0.2) is 39.1 Å². The SMILES string of the molecule is COC(=O)C1=CO[C@@H](OC)[C@@H]2C(CNC(=O)Nc3ccc(Cl)cc3)=CC[C@H]12. The number of ether oxygens (including phenoxy) is 3. The minimum atomic E-state index is -0.515. The molecule has 27 heavy (non-hydrogen) atoms. The molecular weight excluding hydrogens is 372 g/mol. The van der Waals surface area contributed by atoms with Crippen molar-refractivity contribution in [3.63, 3.8) is 0 Å². The molecule has 1 aromatic carbocycles. The van der Waals surface area contributed by atoms with Crippen molar-refractivity contribution in [3.8, 4) is 0 Å². The molecule has 1 aliphatic heterocycles. The van der Waals surface area contributed by atoms with Gasteiger partial charge in [-0.25, -0.2) is 9.59 Å². The number of hydrogen-bond donors (Lipinski definition) is 2. The molecule has 0 unspecified atom stereocenters. The van der Waals surface area contributed by atoms with Gasteiger partial charge in [-0.15, -0.1) is 0 Å². The van der Waals surface area contributed by atoms with Gasteiger partial charge >= 0.3 is 12.0 Å². The topological polar surface area (TPSA) is 85.9 Å². The van der Waals surface area contributed by atoms with Gasteiger partial charge < -0.3 is 24.8 Å². The van der Waals surface area contributed by atoms with E-state index in [2.05, 4.69) is 10.6 Å². The Morgan fingerprint density at radius 2 is 2.00 bits per heavy atom. The number of allylic oxidation sites excluding steroid dienone is 1. The monoisotopic (exact) mass is 392 g/mol. The van der Waals surface area contributed by atoms with Gasteiger partial charge in [-0.05, 0) is 36.3 Å². The van der Waals surface area contributed by atoms with Crippen LogP contribution in [0.25, 0.3) is 0 Å². The molecule has 8 heteroatoms. The second-order valence-corrected chi connectivity index (χ2v) is 6.70. The van der Waals surface area contributed by atoms with Crippen molar-refractivity contribution >= 4 is 29.3 Å². The van der Waals surface area contributed by atoms with Gasteiger partial charge in [-0.2, -0.15) is 0 Å². The third kappa shape index (κ3) is 4.26. The standard InChI is InChI=1S/C19H21ClN2O5/c1-25-17(23)15-10-27-18(26-2)16-11(3-8-14(15)16)9-21-19(24)22-13-6-4-12(20)5-7-13/h3-7,10,14,16,18H,8-9H2,1-2H3,(H2,21,22,24)/t14-,16-,18-/m1/s1. The van der Waals surface area contributed by atoms with E-state index in [1.165, 1.54) is 13.4 Å². The number of halogens is 1. The fraction of sp³-hybridized carbons (Fsp3) is 0.368. The summed E-state index contributed by atoms with van der Waals surface area (Å²) in [6.45, 7) is 0.318. The average molecular weight is 393 g/mol. The van der Waals surface area contributed by atoms with Gasteiger partial charge in [0.2, 0.25) is 6.29 Å². The number of urea groups is 1. The van der Waals surface area contributed by atoms with Gasteiger partial charge in [0.05, 0.1) is 24.9 Å². The van der Waals surface area contributed by atoms with Gasteiger partial charge in [-0.3, -0.25) is 0 Å². The molecule has 2 aliphatic rings. The quantitative estimate of drug-likeness (QED) is 0.594. The molecule has 144 valence electrons. The molecule has 2 N–H and O–H groups in total. The summed E-state index contributed by atoms with van der Waals surface area (Å²) in [4.78, 5) is 24.1. The molecular formula is C19H21ClN2O5. The first-order chi connectivity index (χ1) is 13.0. The molecule has 2 amide bonds. The summed E-state index contributed by atoms with van der Waals surface area (Å²) in [6.07, 6.45) is 3.57. The van der Waals surface area contributed by atoms with Crippen LogP contribution in [-0.2, 0) is 19.0 Å². The number of hydrogen-bond acceptors (Lipinski definition) is 5. The molecule has 3 rings (SSSR count). The first kappa shape index (κ1) is 19.3. The first-order valence-electron chi connectivity index (χ1n) is 8.49. The number of nitrogens with one attached hydrogen (secondary N) is 2. The van der Waals surface area contributed by atoms with Crippen LogP contribution < -0.4 is 10.6 Å². The van der Waals surface area contributed by atoms with Crippen LogP contribution in [0.3, 0.4) is 0 Å². The molecule has 0 saturated heterocycles. The number of rotatable bonds is 5. The fourth-order valence-electron chi connectivity index (χ4n) is 3.42. The van der Waals surface area contributed by atoms with Gasteiger partial charge in [0.15, 0.2) is 0 Å². The highest BCUT2D eigenvalue weighted by Crippen LogP contribution is 2.43. The number of amides is 2. The molecule has 0 bridgehead atoms. The van der Waals surface area contributed by atoms with E-state index in [9.17, 15) is 9.59 Å². The molecule has 1 aliphatic carbocycles. The van der Waals surface area contributed by atoms with Gasteiger partial charge in [0, 0.05) is 30.3 Å². The van der Waals surface area contributed by atoms with Crippen LogP contribution >= 0.6 is 11.6 Å². The maximum Gasteiger partial charge on any atom is 0.337 e. The maximum atomic E-state index is 12.2. The summed E-state index contributed by atoms with van der Waals surface area (Å²) < 4.78 is 15.8. The van der Waals surface area contributed by atoms with Crippen LogP contribution in [0.2, 0.25) is 5.02 Å². The molecule has 1 aromatic rings. The highest BCUT2D eigenvalue weighted by Gasteiger charge is 2.44. The summed E-state index contributed by atoms with van der Waals surface area (Å²) in [5.74, 6) is -0.667.